The van der Waals surface area contributed by atoms with Crippen LogP contribution in [0.1, 0.15) is 43.9 Å². The van der Waals surface area contributed by atoms with Crippen molar-refractivity contribution >= 4 is 11.8 Å². The molecule has 0 amide bonds. The van der Waals surface area contributed by atoms with Gasteiger partial charge in [-0.25, -0.2) is 4.99 Å². The topological polar surface area (TPSA) is 75.8 Å². The van der Waals surface area contributed by atoms with E-state index in [0.29, 0.717) is 6.54 Å². The lowest BCUT2D eigenvalue weighted by molar-refractivity contribution is -0.0150. The third-order valence-electron chi connectivity index (χ3n) is 5.66. The van der Waals surface area contributed by atoms with E-state index < -0.39 is 0 Å². The molecule has 0 aliphatic heterocycles. The molecule has 0 radical (unpaired) electrons. The predicted molar refractivity (Wildman–Crippen MR) is 139 cm³/mol. The summed E-state index contributed by atoms with van der Waals surface area (Å²) in [4.78, 5) is 11.1. The van der Waals surface area contributed by atoms with Crippen molar-refractivity contribution in [1.29, 1.82) is 0 Å². The number of hydrogen-bond acceptors (Lipinski definition) is 6. The highest BCUT2D eigenvalue weighted by Gasteiger charge is 2.12. The third kappa shape index (κ3) is 8.57. The molecule has 0 saturated carbocycles. The van der Waals surface area contributed by atoms with Crippen LogP contribution in [-0.2, 0) is 17.7 Å². The summed E-state index contributed by atoms with van der Waals surface area (Å²) in [7, 11) is 3.71. The number of aromatic nitrogens is 1. The van der Waals surface area contributed by atoms with Gasteiger partial charge in [0.25, 0.3) is 0 Å². The second kappa shape index (κ2) is 14.4. The highest BCUT2D eigenvalue weighted by Crippen LogP contribution is 2.17. The lowest BCUT2D eigenvalue weighted by Crippen LogP contribution is -2.38. The Morgan fingerprint density at radius 3 is 2.70 bits per heavy atom. The largest absolute Gasteiger partial charge is 0.370 e. The van der Waals surface area contributed by atoms with E-state index >= 15 is 0 Å². The maximum atomic E-state index is 5.80. The number of likely N-dealkylation sites (N-methyl/N-ethyl adjacent to an activating group) is 1. The molecule has 1 aromatic carbocycles. The molecule has 178 valence electrons. The van der Waals surface area contributed by atoms with Gasteiger partial charge in [0, 0.05) is 45.4 Å². The summed E-state index contributed by atoms with van der Waals surface area (Å²) >= 11 is 0. The normalized spacial score (nSPS) is 14.0. The summed E-state index contributed by atoms with van der Waals surface area (Å²) < 4.78 is 5.44. The van der Waals surface area contributed by atoms with Crippen LogP contribution in [0.4, 0.5) is 0 Å². The number of nitrogens with zero attached hydrogens (tertiary/aromatic N) is 3. The summed E-state index contributed by atoms with van der Waals surface area (Å²) in [5.41, 5.74) is 11.7. The summed E-state index contributed by atoms with van der Waals surface area (Å²) in [5, 5.41) is 3.51. The first-order valence-electron chi connectivity index (χ1n) is 11.6. The van der Waals surface area contributed by atoms with Gasteiger partial charge in [0.15, 0.2) is 0 Å². The number of hydrogen-bond donors (Lipinski definition) is 2. The van der Waals surface area contributed by atoms with Crippen LogP contribution < -0.4 is 11.1 Å². The zero-order valence-electron chi connectivity index (χ0n) is 20.7. The first kappa shape index (κ1) is 26.5. The first-order valence-corrected chi connectivity index (χ1v) is 11.6. The standard InChI is InChI=1S/C27H39N5O/c1-6-21(3)27(30-15-13-22-11-9-14-29-18-22)31-19-24(7-2)25-12-8-10-23(16-25)20-32(4)26(17-28)33-5/h7-12,14,16,18-19,26,30H,6,13,15,17,20,28H2,1-5H3/b24-7+,27-21+,31-19-. The molecule has 0 bridgehead atoms. The Kier molecular flexibility index (Phi) is 11.5. The highest BCUT2D eigenvalue weighted by molar-refractivity contribution is 6.10. The predicted octanol–water partition coefficient (Wildman–Crippen LogP) is 4.39. The number of pyridine rings is 1. The monoisotopic (exact) mass is 449 g/mol. The van der Waals surface area contributed by atoms with Crippen LogP contribution in [0.5, 0.6) is 0 Å². The van der Waals surface area contributed by atoms with Crippen molar-refractivity contribution in [2.24, 2.45) is 10.7 Å². The van der Waals surface area contributed by atoms with Gasteiger partial charge in [0.1, 0.15) is 12.0 Å². The third-order valence-corrected chi connectivity index (χ3v) is 5.66. The Morgan fingerprint density at radius 2 is 2.06 bits per heavy atom. The Balaban J connectivity index is 2.11. The van der Waals surface area contributed by atoms with Crippen molar-refractivity contribution in [2.45, 2.75) is 46.4 Å². The van der Waals surface area contributed by atoms with Gasteiger partial charge in [-0.2, -0.15) is 0 Å². The van der Waals surface area contributed by atoms with Crippen LogP contribution in [0.25, 0.3) is 5.57 Å². The smallest absolute Gasteiger partial charge is 0.124 e. The fourth-order valence-electron chi connectivity index (χ4n) is 3.49. The molecule has 0 aliphatic rings. The van der Waals surface area contributed by atoms with E-state index in [9.17, 15) is 0 Å². The highest BCUT2D eigenvalue weighted by atomic mass is 16.5. The van der Waals surface area contributed by atoms with Gasteiger partial charge in [-0.3, -0.25) is 9.88 Å². The molecule has 2 rings (SSSR count). The molecule has 2 aromatic rings. The van der Waals surface area contributed by atoms with Crippen LogP contribution in [0.2, 0.25) is 0 Å². The number of nitrogens with two attached hydrogens (primary N) is 1. The van der Waals surface area contributed by atoms with E-state index in [1.807, 2.05) is 32.4 Å². The molecule has 0 aliphatic carbocycles. The van der Waals surface area contributed by atoms with Crippen molar-refractivity contribution in [3.05, 3.63) is 83.0 Å². The maximum absolute atomic E-state index is 5.80. The summed E-state index contributed by atoms with van der Waals surface area (Å²) in [5.74, 6) is 0.933. The van der Waals surface area contributed by atoms with Gasteiger partial charge in [-0.05, 0) is 73.7 Å². The lowest BCUT2D eigenvalue weighted by Gasteiger charge is -2.25. The average molecular weight is 450 g/mol. The average Bonchev–Trinajstić information content (AvgIpc) is 2.84. The maximum Gasteiger partial charge on any atom is 0.124 e. The van der Waals surface area contributed by atoms with Gasteiger partial charge in [0.05, 0.1) is 0 Å². The van der Waals surface area contributed by atoms with Crippen LogP contribution in [0.3, 0.4) is 0 Å². The second-order valence-corrected chi connectivity index (χ2v) is 8.06. The van der Waals surface area contributed by atoms with Gasteiger partial charge < -0.3 is 15.8 Å². The van der Waals surface area contributed by atoms with Crippen molar-refractivity contribution in [3.63, 3.8) is 0 Å². The number of ether oxygens (including phenoxy) is 1. The quantitative estimate of drug-likeness (QED) is 0.350. The van der Waals surface area contributed by atoms with Crippen molar-refractivity contribution in [2.75, 3.05) is 27.2 Å². The Hall–Kier alpha value is -2.80. The van der Waals surface area contributed by atoms with Crippen molar-refractivity contribution in [3.8, 4) is 0 Å². The van der Waals surface area contributed by atoms with Gasteiger partial charge in [-0.15, -0.1) is 0 Å². The van der Waals surface area contributed by atoms with Crippen LogP contribution in [0, 0.1) is 0 Å². The molecule has 1 heterocycles. The Bertz CT molecular complexity index is 933. The second-order valence-electron chi connectivity index (χ2n) is 8.06. The molecular weight excluding hydrogens is 410 g/mol. The minimum Gasteiger partial charge on any atom is -0.370 e. The first-order chi connectivity index (χ1) is 16.0. The molecule has 6 heteroatoms. The number of benzene rings is 1. The summed E-state index contributed by atoms with van der Waals surface area (Å²) in [6.45, 7) is 8.34. The molecule has 6 nitrogen and oxygen atoms in total. The van der Waals surface area contributed by atoms with Gasteiger partial charge >= 0.3 is 0 Å². The number of rotatable bonds is 13. The molecule has 1 unspecified atom stereocenters. The summed E-state index contributed by atoms with van der Waals surface area (Å²) in [6.07, 6.45) is 9.51. The minimum atomic E-state index is -0.0983. The van der Waals surface area contributed by atoms with Gasteiger partial charge in [-0.1, -0.05) is 37.3 Å². The molecule has 0 fully saturated rings. The summed E-state index contributed by atoms with van der Waals surface area (Å²) in [6, 6.07) is 12.6. The molecule has 3 N–H and O–H groups in total. The minimum absolute atomic E-state index is 0.0983. The number of allylic oxidation sites excluding steroid dienone is 3. The Morgan fingerprint density at radius 1 is 1.27 bits per heavy atom. The van der Waals surface area contributed by atoms with E-state index in [2.05, 4.69) is 65.5 Å². The van der Waals surface area contributed by atoms with E-state index in [1.54, 1.807) is 13.3 Å². The van der Waals surface area contributed by atoms with E-state index in [4.69, 9.17) is 15.5 Å². The molecule has 1 aromatic heterocycles. The van der Waals surface area contributed by atoms with Crippen molar-refractivity contribution in [1.82, 2.24) is 15.2 Å². The molecule has 0 saturated heterocycles. The van der Waals surface area contributed by atoms with Gasteiger partial charge in [0.2, 0.25) is 0 Å². The van der Waals surface area contributed by atoms with Crippen LogP contribution >= 0.6 is 0 Å². The lowest BCUT2D eigenvalue weighted by atomic mass is 10.0. The van der Waals surface area contributed by atoms with E-state index in [1.165, 1.54) is 16.7 Å². The van der Waals surface area contributed by atoms with Crippen molar-refractivity contribution < 1.29 is 4.74 Å². The molecule has 1 atom stereocenters. The van der Waals surface area contributed by atoms with E-state index in [0.717, 1.165) is 42.9 Å². The number of nitrogens with one attached hydrogen (secondary N) is 1. The Labute approximate surface area is 199 Å². The fraction of sp³-hybridized carbons (Fsp3) is 0.407. The van der Waals surface area contributed by atoms with Crippen LogP contribution in [-0.4, -0.2) is 49.6 Å². The number of aliphatic imine (C=N–C) groups is 1. The van der Waals surface area contributed by atoms with E-state index in [-0.39, 0.29) is 6.23 Å². The number of methoxy groups -OCH3 is 1. The molecule has 33 heavy (non-hydrogen) atoms. The zero-order chi connectivity index (χ0) is 24.1. The fourth-order valence-corrected chi connectivity index (χ4v) is 3.49. The van der Waals surface area contributed by atoms with Crippen LogP contribution in [0.15, 0.2) is 71.3 Å². The molecular formula is C27H39N5O. The zero-order valence-corrected chi connectivity index (χ0v) is 20.7. The molecule has 0 spiro atoms. The SMILES string of the molecule is C\C=C(/C=N\C(NCCc1cccnc1)=C(/C)CC)c1cccc(CN(C)C(CN)OC)c1.